The lowest BCUT2D eigenvalue weighted by molar-refractivity contribution is 0.0904. The number of fused-ring (bicyclic) bond motifs is 1. The Balaban J connectivity index is 1.94. The van der Waals surface area contributed by atoms with E-state index < -0.39 is 0 Å². The Kier molecular flexibility index (Phi) is 3.63. The van der Waals surface area contributed by atoms with Crippen molar-refractivity contribution in [3.05, 3.63) is 0 Å². The van der Waals surface area contributed by atoms with E-state index in [-0.39, 0.29) is 5.41 Å². The van der Waals surface area contributed by atoms with Crippen molar-refractivity contribution in [3.63, 3.8) is 0 Å². The van der Waals surface area contributed by atoms with Gasteiger partial charge in [-0.15, -0.1) is 0 Å². The highest BCUT2D eigenvalue weighted by Crippen LogP contribution is 2.45. The van der Waals surface area contributed by atoms with E-state index in [4.69, 9.17) is 5.73 Å². The molecule has 0 spiro atoms. The predicted molar refractivity (Wildman–Crippen MR) is 70.2 cm³/mol. The van der Waals surface area contributed by atoms with Crippen LogP contribution in [0.5, 0.6) is 0 Å². The summed E-state index contributed by atoms with van der Waals surface area (Å²) in [5, 5.41) is 0. The van der Waals surface area contributed by atoms with Crippen LogP contribution in [-0.2, 0) is 0 Å². The molecule has 0 saturated heterocycles. The third-order valence-electron chi connectivity index (χ3n) is 5.09. The first-order valence-corrected chi connectivity index (χ1v) is 7.24. The Morgan fingerprint density at radius 2 is 1.56 bits per heavy atom. The van der Waals surface area contributed by atoms with Gasteiger partial charge in [0.15, 0.2) is 0 Å². The summed E-state index contributed by atoms with van der Waals surface area (Å²) in [5.41, 5.74) is 6.73. The molecule has 2 aliphatic rings. The summed E-state index contributed by atoms with van der Waals surface area (Å²) in [4.78, 5) is 0. The Hall–Kier alpha value is -0.0400. The van der Waals surface area contributed by atoms with Gasteiger partial charge in [0, 0.05) is 6.04 Å². The molecule has 0 aromatic carbocycles. The molecular formula is C15H29N. The van der Waals surface area contributed by atoms with Crippen LogP contribution < -0.4 is 5.73 Å². The molecule has 0 aliphatic heterocycles. The van der Waals surface area contributed by atoms with Crippen molar-refractivity contribution < 1.29 is 0 Å². The average Bonchev–Trinajstić information content (AvgIpc) is 2.26. The van der Waals surface area contributed by atoms with Crippen LogP contribution in [0.15, 0.2) is 0 Å². The summed E-state index contributed by atoms with van der Waals surface area (Å²) in [5.74, 6) is 2.86. The average molecular weight is 223 g/mol. The summed E-state index contributed by atoms with van der Waals surface area (Å²) in [7, 11) is 0. The molecule has 4 unspecified atom stereocenters. The lowest BCUT2D eigenvalue weighted by Crippen LogP contribution is -2.45. The Labute approximate surface area is 101 Å². The highest BCUT2D eigenvalue weighted by atomic mass is 14.7. The molecule has 94 valence electrons. The van der Waals surface area contributed by atoms with Crippen molar-refractivity contribution >= 4 is 0 Å². The minimum Gasteiger partial charge on any atom is -0.327 e. The molecule has 1 heteroatoms. The van der Waals surface area contributed by atoms with Gasteiger partial charge in [-0.05, 0) is 42.4 Å². The summed E-state index contributed by atoms with van der Waals surface area (Å²) in [6.07, 6.45) is 10.2. The van der Waals surface area contributed by atoms with Crippen molar-refractivity contribution in [1.29, 1.82) is 0 Å². The fraction of sp³-hybridized carbons (Fsp3) is 1.00. The molecule has 4 atom stereocenters. The van der Waals surface area contributed by atoms with Crippen LogP contribution in [0.2, 0.25) is 0 Å². The van der Waals surface area contributed by atoms with Crippen molar-refractivity contribution in [2.75, 3.05) is 0 Å². The largest absolute Gasteiger partial charge is 0.327 e. The van der Waals surface area contributed by atoms with Gasteiger partial charge >= 0.3 is 0 Å². The van der Waals surface area contributed by atoms with Crippen LogP contribution in [0.3, 0.4) is 0 Å². The number of hydrogen-bond donors (Lipinski definition) is 1. The first-order valence-electron chi connectivity index (χ1n) is 7.24. The second-order valence-electron chi connectivity index (χ2n) is 7.27. The van der Waals surface area contributed by atoms with Gasteiger partial charge in [-0.1, -0.05) is 46.5 Å². The van der Waals surface area contributed by atoms with Gasteiger partial charge in [-0.3, -0.25) is 0 Å². The summed E-state index contributed by atoms with van der Waals surface area (Å²) in [6.45, 7) is 6.89. The molecule has 0 aromatic heterocycles. The summed E-state index contributed by atoms with van der Waals surface area (Å²) in [6, 6.07) is 0.398. The quantitative estimate of drug-likeness (QED) is 0.715. The van der Waals surface area contributed by atoms with E-state index >= 15 is 0 Å². The SMILES string of the molecule is CC(C)(C)C(N)C1CCC2CCCCC2C1. The van der Waals surface area contributed by atoms with E-state index in [2.05, 4.69) is 20.8 Å². The molecule has 0 amide bonds. The van der Waals surface area contributed by atoms with E-state index in [1.165, 1.54) is 44.9 Å². The van der Waals surface area contributed by atoms with Gasteiger partial charge in [-0.25, -0.2) is 0 Å². The number of hydrogen-bond acceptors (Lipinski definition) is 1. The second kappa shape index (κ2) is 4.68. The first-order chi connectivity index (χ1) is 7.48. The molecule has 2 N–H and O–H groups in total. The van der Waals surface area contributed by atoms with Crippen LogP contribution in [0, 0.1) is 23.2 Å². The van der Waals surface area contributed by atoms with Crippen molar-refractivity contribution in [3.8, 4) is 0 Å². The van der Waals surface area contributed by atoms with Gasteiger partial charge in [-0.2, -0.15) is 0 Å². The van der Waals surface area contributed by atoms with Crippen molar-refractivity contribution in [2.24, 2.45) is 28.9 Å². The Morgan fingerprint density at radius 1 is 0.938 bits per heavy atom. The number of rotatable bonds is 1. The number of nitrogens with two attached hydrogens (primary N) is 1. The zero-order chi connectivity index (χ0) is 11.8. The van der Waals surface area contributed by atoms with Crippen LogP contribution in [0.4, 0.5) is 0 Å². The minimum atomic E-state index is 0.284. The lowest BCUT2D eigenvalue weighted by atomic mass is 9.63. The molecule has 2 saturated carbocycles. The first kappa shape index (κ1) is 12.4. The molecule has 0 bridgehead atoms. The molecule has 1 nitrogen and oxygen atoms in total. The molecule has 0 heterocycles. The van der Waals surface area contributed by atoms with E-state index in [0.717, 1.165) is 17.8 Å². The predicted octanol–water partition coefficient (Wildman–Crippen LogP) is 3.97. The second-order valence-corrected chi connectivity index (χ2v) is 7.27. The van der Waals surface area contributed by atoms with E-state index in [9.17, 15) is 0 Å². The monoisotopic (exact) mass is 223 g/mol. The lowest BCUT2D eigenvalue weighted by Gasteiger charge is -2.44. The molecule has 16 heavy (non-hydrogen) atoms. The van der Waals surface area contributed by atoms with Crippen molar-refractivity contribution in [2.45, 2.75) is 71.8 Å². The summed E-state index contributed by atoms with van der Waals surface area (Å²) < 4.78 is 0. The fourth-order valence-corrected chi connectivity index (χ4v) is 3.94. The Morgan fingerprint density at radius 3 is 2.19 bits per heavy atom. The molecular weight excluding hydrogens is 194 g/mol. The van der Waals surface area contributed by atoms with Gasteiger partial charge in [0.05, 0.1) is 0 Å². The highest BCUT2D eigenvalue weighted by molar-refractivity contribution is 4.91. The Bertz CT molecular complexity index is 228. The molecule has 0 aromatic rings. The third-order valence-corrected chi connectivity index (χ3v) is 5.09. The highest BCUT2D eigenvalue weighted by Gasteiger charge is 2.37. The maximum Gasteiger partial charge on any atom is 0.0116 e. The van der Waals surface area contributed by atoms with Crippen LogP contribution in [0.1, 0.15) is 65.7 Å². The maximum absolute atomic E-state index is 6.45. The fourth-order valence-electron chi connectivity index (χ4n) is 3.94. The smallest absolute Gasteiger partial charge is 0.0116 e. The van der Waals surface area contributed by atoms with Crippen LogP contribution in [-0.4, -0.2) is 6.04 Å². The summed E-state index contributed by atoms with van der Waals surface area (Å²) >= 11 is 0. The molecule has 2 fully saturated rings. The zero-order valence-electron chi connectivity index (χ0n) is 11.3. The molecule has 2 rings (SSSR count). The van der Waals surface area contributed by atoms with E-state index in [0.29, 0.717) is 6.04 Å². The molecule has 0 radical (unpaired) electrons. The van der Waals surface area contributed by atoms with Gasteiger partial charge in [0.2, 0.25) is 0 Å². The van der Waals surface area contributed by atoms with Gasteiger partial charge in [0.1, 0.15) is 0 Å². The van der Waals surface area contributed by atoms with Crippen LogP contribution >= 0.6 is 0 Å². The van der Waals surface area contributed by atoms with Gasteiger partial charge < -0.3 is 5.73 Å². The van der Waals surface area contributed by atoms with Crippen molar-refractivity contribution in [1.82, 2.24) is 0 Å². The minimum absolute atomic E-state index is 0.284. The van der Waals surface area contributed by atoms with Gasteiger partial charge in [0.25, 0.3) is 0 Å². The van der Waals surface area contributed by atoms with E-state index in [1.807, 2.05) is 0 Å². The van der Waals surface area contributed by atoms with E-state index in [1.54, 1.807) is 0 Å². The molecule has 2 aliphatic carbocycles. The standard InChI is InChI=1S/C15H29N/c1-15(2,3)14(16)13-9-8-11-6-4-5-7-12(11)10-13/h11-14H,4-10,16H2,1-3H3. The van der Waals surface area contributed by atoms with Crippen LogP contribution in [0.25, 0.3) is 0 Å². The maximum atomic E-state index is 6.45. The normalized spacial score (nSPS) is 37.9. The zero-order valence-corrected chi connectivity index (χ0v) is 11.3. The third kappa shape index (κ3) is 2.61. The topological polar surface area (TPSA) is 26.0 Å².